The predicted molar refractivity (Wildman–Crippen MR) is 81.9 cm³/mol. The maximum absolute atomic E-state index is 5.72. The Morgan fingerprint density at radius 3 is 2.70 bits per heavy atom. The predicted octanol–water partition coefficient (Wildman–Crippen LogP) is 4.31. The van der Waals surface area contributed by atoms with Crippen LogP contribution in [0, 0.1) is 0 Å². The minimum atomic E-state index is 0.605. The summed E-state index contributed by atoms with van der Waals surface area (Å²) >= 11 is 3.26. The van der Waals surface area contributed by atoms with Crippen molar-refractivity contribution >= 4 is 22.7 Å². The summed E-state index contributed by atoms with van der Waals surface area (Å²) in [4.78, 5) is 5.79. The number of thiophene rings is 1. The Morgan fingerprint density at radius 1 is 0.950 bits per heavy atom. The van der Waals surface area contributed by atoms with Gasteiger partial charge in [-0.3, -0.25) is 0 Å². The maximum atomic E-state index is 5.72. The van der Waals surface area contributed by atoms with Gasteiger partial charge in [0.15, 0.2) is 11.5 Å². The molecule has 4 rings (SSSR count). The van der Waals surface area contributed by atoms with Crippen LogP contribution in [0.2, 0.25) is 0 Å². The number of thiazole rings is 1. The van der Waals surface area contributed by atoms with E-state index >= 15 is 0 Å². The van der Waals surface area contributed by atoms with Crippen molar-refractivity contribution in [2.24, 2.45) is 0 Å². The zero-order valence-corrected chi connectivity index (χ0v) is 12.2. The lowest BCUT2D eigenvalue weighted by molar-refractivity contribution is 0.174. The summed E-state index contributed by atoms with van der Waals surface area (Å²) in [5.41, 5.74) is 2.14. The first kappa shape index (κ1) is 11.9. The molecular formula is C15H11NO2S2. The second-order valence-electron chi connectivity index (χ2n) is 4.36. The Balaban J connectivity index is 1.74. The van der Waals surface area contributed by atoms with E-state index in [4.69, 9.17) is 14.5 Å². The zero-order chi connectivity index (χ0) is 13.4. The number of hydrogen-bond donors (Lipinski definition) is 0. The van der Waals surface area contributed by atoms with Crippen molar-refractivity contribution in [3.05, 3.63) is 41.1 Å². The van der Waals surface area contributed by atoms with Gasteiger partial charge < -0.3 is 9.47 Å². The summed E-state index contributed by atoms with van der Waals surface area (Å²) in [6.07, 6.45) is 0. The molecule has 0 atom stereocenters. The summed E-state index contributed by atoms with van der Waals surface area (Å²) in [5, 5.41) is 5.06. The largest absolute Gasteiger partial charge is 0.485 e. The molecule has 5 heteroatoms. The molecule has 100 valence electrons. The lowest BCUT2D eigenvalue weighted by Crippen LogP contribution is -2.14. The molecule has 3 heterocycles. The van der Waals surface area contributed by atoms with E-state index in [0.29, 0.717) is 13.2 Å². The highest BCUT2D eigenvalue weighted by Gasteiger charge is 2.21. The number of ether oxygens (including phenoxy) is 2. The van der Waals surface area contributed by atoms with Crippen molar-refractivity contribution in [1.29, 1.82) is 0 Å². The molecule has 0 saturated heterocycles. The van der Waals surface area contributed by atoms with Crippen molar-refractivity contribution in [3.8, 4) is 32.6 Å². The molecule has 3 nitrogen and oxygen atoms in total. The quantitative estimate of drug-likeness (QED) is 0.707. The molecule has 1 aliphatic rings. The normalized spacial score (nSPS) is 13.4. The standard InChI is InChI=1S/C15H11NO2S2/c1-2-4-10(5-3-1)11-8-20-15(16-11)14-13-12(9-19-14)17-6-7-18-13/h1-5,8-9H,6-7H2. The zero-order valence-electron chi connectivity index (χ0n) is 10.5. The number of fused-ring (bicyclic) bond motifs is 1. The van der Waals surface area contributed by atoms with Crippen molar-refractivity contribution in [2.45, 2.75) is 0 Å². The minimum absolute atomic E-state index is 0.605. The lowest BCUT2D eigenvalue weighted by Gasteiger charge is -2.15. The van der Waals surface area contributed by atoms with E-state index in [1.54, 1.807) is 22.7 Å². The van der Waals surface area contributed by atoms with Gasteiger partial charge in [-0.25, -0.2) is 4.98 Å². The molecule has 2 aromatic heterocycles. The van der Waals surface area contributed by atoms with Gasteiger partial charge in [0, 0.05) is 16.3 Å². The van der Waals surface area contributed by atoms with Gasteiger partial charge >= 0.3 is 0 Å². The maximum Gasteiger partial charge on any atom is 0.182 e. The van der Waals surface area contributed by atoms with E-state index in [1.807, 2.05) is 23.6 Å². The molecule has 0 amide bonds. The van der Waals surface area contributed by atoms with Gasteiger partial charge in [0.25, 0.3) is 0 Å². The average Bonchev–Trinajstić information content (AvgIpc) is 3.14. The summed E-state index contributed by atoms with van der Waals surface area (Å²) in [6.45, 7) is 1.23. The molecule has 0 spiro atoms. The Hall–Kier alpha value is -1.85. The first-order valence-electron chi connectivity index (χ1n) is 6.30. The third-order valence-corrected chi connectivity index (χ3v) is 5.00. The van der Waals surface area contributed by atoms with Gasteiger partial charge in [0.1, 0.15) is 23.1 Å². The van der Waals surface area contributed by atoms with Crippen LogP contribution in [0.3, 0.4) is 0 Å². The Bertz CT molecular complexity index is 733. The Kier molecular flexibility index (Phi) is 2.94. The number of hydrogen-bond acceptors (Lipinski definition) is 5. The highest BCUT2D eigenvalue weighted by atomic mass is 32.1. The van der Waals surface area contributed by atoms with E-state index in [9.17, 15) is 0 Å². The first-order valence-corrected chi connectivity index (χ1v) is 8.06. The number of rotatable bonds is 2. The monoisotopic (exact) mass is 301 g/mol. The molecule has 3 aromatic rings. The summed E-state index contributed by atoms with van der Waals surface area (Å²) in [7, 11) is 0. The van der Waals surface area contributed by atoms with E-state index in [2.05, 4.69) is 17.5 Å². The molecule has 0 radical (unpaired) electrons. The van der Waals surface area contributed by atoms with Crippen molar-refractivity contribution in [2.75, 3.05) is 13.2 Å². The van der Waals surface area contributed by atoms with Crippen LogP contribution >= 0.6 is 22.7 Å². The lowest BCUT2D eigenvalue weighted by atomic mass is 10.2. The molecular weight excluding hydrogens is 290 g/mol. The van der Waals surface area contributed by atoms with Crippen molar-refractivity contribution < 1.29 is 9.47 Å². The van der Waals surface area contributed by atoms with Crippen LogP contribution in [0.15, 0.2) is 41.1 Å². The van der Waals surface area contributed by atoms with Crippen molar-refractivity contribution in [1.82, 2.24) is 4.98 Å². The van der Waals surface area contributed by atoms with Crippen LogP contribution in [0.1, 0.15) is 0 Å². The average molecular weight is 301 g/mol. The topological polar surface area (TPSA) is 31.4 Å². The Labute approximate surface area is 124 Å². The van der Waals surface area contributed by atoms with Gasteiger partial charge in [-0.1, -0.05) is 30.3 Å². The molecule has 1 aromatic carbocycles. The van der Waals surface area contributed by atoms with E-state index in [-0.39, 0.29) is 0 Å². The van der Waals surface area contributed by atoms with Gasteiger partial charge in [0.2, 0.25) is 0 Å². The van der Waals surface area contributed by atoms with Gasteiger partial charge in [-0.2, -0.15) is 0 Å². The molecule has 0 saturated carbocycles. The molecule has 0 bridgehead atoms. The van der Waals surface area contributed by atoms with Crippen LogP contribution in [0.4, 0.5) is 0 Å². The third kappa shape index (κ3) is 1.99. The van der Waals surface area contributed by atoms with E-state index in [0.717, 1.165) is 32.6 Å². The number of nitrogens with zero attached hydrogens (tertiary/aromatic N) is 1. The molecule has 0 unspecified atom stereocenters. The molecule has 0 fully saturated rings. The fourth-order valence-electron chi connectivity index (χ4n) is 2.13. The van der Waals surface area contributed by atoms with Gasteiger partial charge in [-0.15, -0.1) is 22.7 Å². The first-order chi connectivity index (χ1) is 9.92. The fraction of sp³-hybridized carbons (Fsp3) is 0.133. The van der Waals surface area contributed by atoms with Crippen LogP contribution < -0.4 is 9.47 Å². The fourth-order valence-corrected chi connectivity index (χ4v) is 3.99. The van der Waals surface area contributed by atoms with Crippen LogP contribution in [-0.4, -0.2) is 18.2 Å². The second-order valence-corrected chi connectivity index (χ2v) is 6.10. The molecule has 1 aliphatic heterocycles. The number of benzene rings is 1. The molecule has 0 aliphatic carbocycles. The minimum Gasteiger partial charge on any atom is -0.485 e. The highest BCUT2D eigenvalue weighted by Crippen LogP contribution is 2.46. The highest BCUT2D eigenvalue weighted by molar-refractivity contribution is 7.20. The second kappa shape index (κ2) is 4.92. The number of aromatic nitrogens is 1. The van der Waals surface area contributed by atoms with E-state index in [1.165, 1.54) is 0 Å². The van der Waals surface area contributed by atoms with Crippen LogP contribution in [0.25, 0.3) is 21.1 Å². The Morgan fingerprint density at radius 2 is 1.80 bits per heavy atom. The smallest absolute Gasteiger partial charge is 0.182 e. The summed E-state index contributed by atoms with van der Waals surface area (Å²) in [5.74, 6) is 1.68. The van der Waals surface area contributed by atoms with Gasteiger partial charge in [-0.05, 0) is 0 Å². The van der Waals surface area contributed by atoms with Crippen LogP contribution in [0.5, 0.6) is 11.5 Å². The van der Waals surface area contributed by atoms with Gasteiger partial charge in [0.05, 0.1) is 5.69 Å². The van der Waals surface area contributed by atoms with Crippen LogP contribution in [-0.2, 0) is 0 Å². The molecule has 20 heavy (non-hydrogen) atoms. The SMILES string of the molecule is c1ccc(-c2csc(-c3scc4c3OCCO4)n2)cc1. The van der Waals surface area contributed by atoms with Crippen molar-refractivity contribution in [3.63, 3.8) is 0 Å². The molecule has 0 N–H and O–H groups in total. The van der Waals surface area contributed by atoms with E-state index < -0.39 is 0 Å². The summed E-state index contributed by atoms with van der Waals surface area (Å²) < 4.78 is 11.3. The third-order valence-electron chi connectivity index (χ3n) is 3.07. The summed E-state index contributed by atoms with van der Waals surface area (Å²) in [6, 6.07) is 10.2.